The number of rotatable bonds is 4. The molecule has 2 aliphatic rings. The first-order valence-corrected chi connectivity index (χ1v) is 9.19. The topological polar surface area (TPSA) is 71.6 Å². The molecule has 0 saturated carbocycles. The van der Waals surface area contributed by atoms with Crippen LogP contribution in [0.5, 0.6) is 0 Å². The third-order valence-electron chi connectivity index (χ3n) is 5.18. The number of aliphatic hydroxyl groups is 1. The van der Waals surface area contributed by atoms with Gasteiger partial charge in [0.2, 0.25) is 5.82 Å². The molecular weight excluding hydrogens is 318 g/mol. The fourth-order valence-corrected chi connectivity index (χ4v) is 3.64. The van der Waals surface area contributed by atoms with Crippen LogP contribution in [0.2, 0.25) is 0 Å². The highest BCUT2D eigenvalue weighted by Crippen LogP contribution is 2.32. The molecule has 0 bridgehead atoms. The van der Waals surface area contributed by atoms with Crippen molar-refractivity contribution in [2.24, 2.45) is 0 Å². The molecule has 0 spiro atoms. The largest absolute Gasteiger partial charge is 0.381 e. The van der Waals surface area contributed by atoms with Crippen LogP contribution in [-0.2, 0) is 16.9 Å². The van der Waals surface area contributed by atoms with Crippen LogP contribution < -0.4 is 0 Å². The minimum Gasteiger partial charge on any atom is -0.381 e. The van der Waals surface area contributed by atoms with Crippen molar-refractivity contribution in [2.75, 3.05) is 26.3 Å². The summed E-state index contributed by atoms with van der Waals surface area (Å²) in [5.74, 6) is 0.836. The molecular formula is C19H25N3O3. The molecule has 134 valence electrons. The molecule has 6 nitrogen and oxygen atoms in total. The molecule has 3 heterocycles. The quantitative estimate of drug-likeness (QED) is 0.920. The molecule has 0 atom stereocenters. The maximum absolute atomic E-state index is 10.7. The summed E-state index contributed by atoms with van der Waals surface area (Å²) in [6.07, 6.45) is 4.90. The monoisotopic (exact) mass is 343 g/mol. The molecule has 1 aromatic carbocycles. The number of benzene rings is 1. The Morgan fingerprint density at radius 3 is 2.72 bits per heavy atom. The van der Waals surface area contributed by atoms with Gasteiger partial charge in [-0.1, -0.05) is 29.8 Å². The van der Waals surface area contributed by atoms with E-state index in [1.165, 1.54) is 37.9 Å². The predicted octanol–water partition coefficient (Wildman–Crippen LogP) is 2.72. The van der Waals surface area contributed by atoms with Gasteiger partial charge in [-0.3, -0.25) is 4.90 Å². The second-order valence-corrected chi connectivity index (χ2v) is 7.10. The summed E-state index contributed by atoms with van der Waals surface area (Å²) < 4.78 is 10.7. The zero-order valence-electron chi connectivity index (χ0n) is 14.5. The minimum absolute atomic E-state index is 0.298. The van der Waals surface area contributed by atoms with E-state index < -0.39 is 5.60 Å². The van der Waals surface area contributed by atoms with Gasteiger partial charge < -0.3 is 14.4 Å². The van der Waals surface area contributed by atoms with Gasteiger partial charge in [0.1, 0.15) is 5.60 Å². The highest BCUT2D eigenvalue weighted by atomic mass is 16.5. The SMILES string of the molecule is OC1(c2nc(-c3cccc(CN4CCCCC4)c3)no2)CCOCC1. The number of piperidine rings is 1. The van der Waals surface area contributed by atoms with Gasteiger partial charge in [0.05, 0.1) is 0 Å². The summed E-state index contributed by atoms with van der Waals surface area (Å²) >= 11 is 0. The Labute approximate surface area is 147 Å². The highest BCUT2D eigenvalue weighted by molar-refractivity contribution is 5.55. The van der Waals surface area contributed by atoms with E-state index in [0.29, 0.717) is 37.8 Å². The lowest BCUT2D eigenvalue weighted by molar-refractivity contribution is -0.0856. The van der Waals surface area contributed by atoms with Crippen LogP contribution in [0.3, 0.4) is 0 Å². The van der Waals surface area contributed by atoms with E-state index in [9.17, 15) is 5.11 Å². The average molecular weight is 343 g/mol. The molecule has 1 N–H and O–H groups in total. The maximum Gasteiger partial charge on any atom is 0.259 e. The van der Waals surface area contributed by atoms with Gasteiger partial charge in [-0.15, -0.1) is 0 Å². The lowest BCUT2D eigenvalue weighted by Crippen LogP contribution is -2.33. The van der Waals surface area contributed by atoms with Crippen molar-refractivity contribution in [3.8, 4) is 11.4 Å². The summed E-state index contributed by atoms with van der Waals surface area (Å²) in [6.45, 7) is 4.33. The molecule has 0 radical (unpaired) electrons. The Hall–Kier alpha value is -1.76. The Morgan fingerprint density at radius 2 is 1.92 bits per heavy atom. The standard InChI is InChI=1S/C19H25N3O3/c23-19(7-11-24-12-8-19)18-20-17(21-25-18)16-6-4-5-15(13-16)14-22-9-2-1-3-10-22/h4-6,13,23H,1-3,7-12,14H2. The Balaban J connectivity index is 1.51. The van der Waals surface area contributed by atoms with Crippen LogP contribution in [0.25, 0.3) is 11.4 Å². The number of ether oxygens (including phenoxy) is 1. The zero-order chi connectivity index (χ0) is 17.1. The van der Waals surface area contributed by atoms with Gasteiger partial charge in [-0.25, -0.2) is 0 Å². The number of likely N-dealkylation sites (tertiary alicyclic amines) is 1. The molecule has 2 aliphatic heterocycles. The van der Waals surface area contributed by atoms with Gasteiger partial charge in [0.15, 0.2) is 0 Å². The normalized spacial score (nSPS) is 21.3. The summed E-state index contributed by atoms with van der Waals surface area (Å²) in [4.78, 5) is 6.96. The maximum atomic E-state index is 10.7. The molecule has 0 amide bonds. The van der Waals surface area contributed by atoms with Crippen molar-refractivity contribution in [1.82, 2.24) is 15.0 Å². The summed E-state index contributed by atoms with van der Waals surface area (Å²) in [5.41, 5.74) is 1.13. The van der Waals surface area contributed by atoms with Crippen molar-refractivity contribution in [3.63, 3.8) is 0 Å². The smallest absolute Gasteiger partial charge is 0.259 e. The van der Waals surface area contributed by atoms with Crippen molar-refractivity contribution in [1.29, 1.82) is 0 Å². The van der Waals surface area contributed by atoms with Gasteiger partial charge in [0, 0.05) is 38.2 Å². The van der Waals surface area contributed by atoms with Gasteiger partial charge in [0.25, 0.3) is 5.89 Å². The number of hydrogen-bond acceptors (Lipinski definition) is 6. The first kappa shape index (κ1) is 16.7. The second-order valence-electron chi connectivity index (χ2n) is 7.10. The van der Waals surface area contributed by atoms with Crippen LogP contribution in [0.15, 0.2) is 28.8 Å². The number of hydrogen-bond donors (Lipinski definition) is 1. The average Bonchev–Trinajstić information content (AvgIpc) is 3.15. The Bertz CT molecular complexity index is 703. The summed E-state index contributed by atoms with van der Waals surface area (Å²) in [6, 6.07) is 8.29. The third kappa shape index (κ3) is 3.76. The second kappa shape index (κ2) is 7.23. The van der Waals surface area contributed by atoms with Crippen molar-refractivity contribution >= 4 is 0 Å². The van der Waals surface area contributed by atoms with Crippen LogP contribution in [-0.4, -0.2) is 46.5 Å². The molecule has 0 unspecified atom stereocenters. The van der Waals surface area contributed by atoms with Gasteiger partial charge in [-0.05, 0) is 37.6 Å². The summed E-state index contributed by atoms with van der Waals surface area (Å²) in [7, 11) is 0. The van der Waals surface area contributed by atoms with Crippen LogP contribution >= 0.6 is 0 Å². The van der Waals surface area contributed by atoms with Crippen molar-refractivity contribution < 1.29 is 14.4 Å². The Morgan fingerprint density at radius 1 is 1.12 bits per heavy atom. The van der Waals surface area contributed by atoms with Crippen LogP contribution in [0, 0.1) is 0 Å². The highest BCUT2D eigenvalue weighted by Gasteiger charge is 2.37. The zero-order valence-corrected chi connectivity index (χ0v) is 14.5. The lowest BCUT2D eigenvalue weighted by atomic mass is 9.94. The van der Waals surface area contributed by atoms with Crippen molar-refractivity contribution in [2.45, 2.75) is 44.2 Å². The Kier molecular flexibility index (Phi) is 4.83. The van der Waals surface area contributed by atoms with Crippen molar-refractivity contribution in [3.05, 3.63) is 35.7 Å². The van der Waals surface area contributed by atoms with E-state index in [1.807, 2.05) is 12.1 Å². The van der Waals surface area contributed by atoms with E-state index in [-0.39, 0.29) is 0 Å². The fourth-order valence-electron chi connectivity index (χ4n) is 3.64. The van der Waals surface area contributed by atoms with E-state index in [2.05, 4.69) is 27.2 Å². The molecule has 6 heteroatoms. The molecule has 2 aromatic rings. The fraction of sp³-hybridized carbons (Fsp3) is 0.579. The summed E-state index contributed by atoms with van der Waals surface area (Å²) in [5, 5.41) is 14.8. The van der Waals surface area contributed by atoms with E-state index >= 15 is 0 Å². The number of aromatic nitrogens is 2. The van der Waals surface area contributed by atoms with Crippen LogP contribution in [0.1, 0.15) is 43.6 Å². The van der Waals surface area contributed by atoms with Crippen LogP contribution in [0.4, 0.5) is 0 Å². The minimum atomic E-state index is -1.06. The predicted molar refractivity (Wildman–Crippen MR) is 92.8 cm³/mol. The van der Waals surface area contributed by atoms with Gasteiger partial charge >= 0.3 is 0 Å². The molecule has 0 aliphatic carbocycles. The molecule has 2 saturated heterocycles. The lowest BCUT2D eigenvalue weighted by Gasteiger charge is -2.27. The third-order valence-corrected chi connectivity index (χ3v) is 5.18. The molecule has 1 aromatic heterocycles. The van der Waals surface area contributed by atoms with E-state index in [1.54, 1.807) is 0 Å². The molecule has 4 rings (SSSR count). The first-order chi connectivity index (χ1) is 12.2. The molecule has 2 fully saturated rings. The van der Waals surface area contributed by atoms with Gasteiger partial charge in [-0.2, -0.15) is 4.98 Å². The first-order valence-electron chi connectivity index (χ1n) is 9.19. The molecule has 25 heavy (non-hydrogen) atoms. The van der Waals surface area contributed by atoms with E-state index in [4.69, 9.17) is 9.26 Å². The number of nitrogens with zero attached hydrogens (tertiary/aromatic N) is 3. The van der Waals surface area contributed by atoms with E-state index in [0.717, 1.165) is 12.1 Å².